The molecule has 0 saturated heterocycles. The summed E-state index contributed by atoms with van der Waals surface area (Å²) in [7, 11) is 0. The number of unbranched alkanes of at least 4 members (excludes halogenated alkanes) is 2. The normalized spacial score (nSPS) is 16.4. The van der Waals surface area contributed by atoms with Gasteiger partial charge in [-0.15, -0.1) is 0 Å². The summed E-state index contributed by atoms with van der Waals surface area (Å²) in [5.41, 5.74) is 0. The van der Waals surface area contributed by atoms with E-state index in [2.05, 4.69) is 6.92 Å². The summed E-state index contributed by atoms with van der Waals surface area (Å²) in [6.45, 7) is 2.07. The Kier molecular flexibility index (Phi) is 10.5. The lowest BCUT2D eigenvalue weighted by atomic mass is 10.1. The number of carbonyl (C=O) groups excluding carboxylic acids is 1. The van der Waals surface area contributed by atoms with Crippen LogP contribution in [0.15, 0.2) is 48.5 Å². The summed E-state index contributed by atoms with van der Waals surface area (Å²) in [6, 6.07) is 0.440. The number of hydrogen-bond acceptors (Lipinski definition) is 2. The molecule has 0 bridgehead atoms. The Bertz CT molecular complexity index is 604. The highest BCUT2D eigenvalue weighted by Crippen LogP contribution is 2.01. The van der Waals surface area contributed by atoms with Crippen LogP contribution >= 0.6 is 0 Å². The van der Waals surface area contributed by atoms with Gasteiger partial charge >= 0.3 is 5.97 Å². The monoisotopic (exact) mass is 326 g/mol. The van der Waals surface area contributed by atoms with Crippen molar-refractivity contribution < 1.29 is 20.2 Å². The lowest BCUT2D eigenvalue weighted by molar-refractivity contribution is -0.137. The molecule has 0 aliphatic heterocycles. The van der Waals surface area contributed by atoms with Gasteiger partial charge in [0.25, 0.3) is 0 Å². The molecule has 0 aromatic rings. The minimum absolute atomic E-state index is 0.00443. The van der Waals surface area contributed by atoms with E-state index in [1.54, 1.807) is 12.2 Å². The van der Waals surface area contributed by atoms with Crippen molar-refractivity contribution in [1.29, 1.82) is 0 Å². The number of carbonyl (C=O) groups is 2. The van der Waals surface area contributed by atoms with Crippen LogP contribution in [0.2, 0.25) is 0 Å². The van der Waals surface area contributed by atoms with E-state index in [0.29, 0.717) is 12.8 Å². The fraction of sp³-hybridized carbons (Fsp3) is 0.500. The summed E-state index contributed by atoms with van der Waals surface area (Å²) < 4.78 is 31.4. The van der Waals surface area contributed by atoms with Crippen LogP contribution in [-0.2, 0) is 9.59 Å². The van der Waals surface area contributed by atoms with E-state index in [1.165, 1.54) is 12.2 Å². The fourth-order valence-electron chi connectivity index (χ4n) is 1.66. The predicted octanol–water partition coefficient (Wildman–Crippen LogP) is 5.40. The highest BCUT2D eigenvalue weighted by molar-refractivity contribution is 5.90. The highest BCUT2D eigenvalue weighted by Gasteiger charge is 1.99. The molecule has 3 heteroatoms. The summed E-state index contributed by atoms with van der Waals surface area (Å²) in [5.74, 6) is -1.07. The Morgan fingerprint density at radius 2 is 1.70 bits per heavy atom. The molecule has 0 aromatic carbocycles. The van der Waals surface area contributed by atoms with Crippen LogP contribution in [0.3, 0.4) is 0 Å². The number of hydrogen-bond donors (Lipinski definition) is 1. The Hall–Kier alpha value is -1.90. The van der Waals surface area contributed by atoms with Crippen LogP contribution in [0.5, 0.6) is 0 Å². The van der Waals surface area contributed by atoms with Gasteiger partial charge in [0.15, 0.2) is 5.78 Å². The van der Waals surface area contributed by atoms with E-state index >= 15 is 0 Å². The van der Waals surface area contributed by atoms with Crippen molar-refractivity contribution in [3.63, 3.8) is 0 Å². The third kappa shape index (κ3) is 18.1. The molecule has 0 fully saturated rings. The largest absolute Gasteiger partial charge is 0.481 e. The van der Waals surface area contributed by atoms with E-state index in [-0.39, 0.29) is 55.7 Å². The molecule has 0 saturated carbocycles. The van der Waals surface area contributed by atoms with Crippen LogP contribution in [0.25, 0.3) is 0 Å². The summed E-state index contributed by atoms with van der Waals surface area (Å²) in [4.78, 5) is 21.8. The number of rotatable bonds is 14. The molecular formula is C20H30O3. The van der Waals surface area contributed by atoms with E-state index in [4.69, 9.17) is 10.6 Å². The molecule has 0 radical (unpaired) electrons. The first-order valence-corrected chi connectivity index (χ1v) is 8.16. The van der Waals surface area contributed by atoms with Gasteiger partial charge in [-0.05, 0) is 38.2 Å². The minimum atomic E-state index is -0.920. The van der Waals surface area contributed by atoms with E-state index in [0.717, 1.165) is 19.3 Å². The average molecular weight is 326 g/mol. The van der Waals surface area contributed by atoms with Gasteiger partial charge in [-0.25, -0.2) is 0 Å². The number of aliphatic carboxylic acids is 1. The van der Waals surface area contributed by atoms with Crippen molar-refractivity contribution in [2.45, 2.75) is 64.7 Å². The standard InChI is InChI=1S/C20H30O3/c1-2-3-4-5-6-7-8-9-10-11-12-13-14-16-19(21)17-15-18-20(22)23/h6-7,9-10,12-14,16H,2-5,8,11,15,17-18H2,1H3,(H,22,23)/b7-6-,10-9-,13-12-,16-14+/i6T,7T,9T,10T. The molecule has 23 heavy (non-hydrogen) atoms. The molecule has 0 aliphatic rings. The third-order valence-electron chi connectivity index (χ3n) is 2.90. The Morgan fingerprint density at radius 3 is 2.43 bits per heavy atom. The van der Waals surface area contributed by atoms with Gasteiger partial charge in [0, 0.05) is 12.8 Å². The number of carboxylic acid groups (broad SMARTS) is 1. The molecule has 0 amide bonds. The van der Waals surface area contributed by atoms with E-state index in [1.807, 2.05) is 0 Å². The zero-order valence-electron chi connectivity index (χ0n) is 17.9. The first-order chi connectivity index (χ1) is 12.8. The highest BCUT2D eigenvalue weighted by atomic mass is 16.4. The van der Waals surface area contributed by atoms with Crippen LogP contribution < -0.4 is 0 Å². The third-order valence-corrected chi connectivity index (χ3v) is 2.90. The molecule has 0 atom stereocenters. The van der Waals surface area contributed by atoms with Crippen molar-refractivity contribution >= 4 is 11.8 Å². The summed E-state index contributed by atoms with van der Waals surface area (Å²) in [6.07, 6.45) is 10.3. The van der Waals surface area contributed by atoms with Gasteiger partial charge in [0.1, 0.15) is 0 Å². The van der Waals surface area contributed by atoms with Crippen molar-refractivity contribution in [3.8, 4) is 0 Å². The van der Waals surface area contributed by atoms with E-state index < -0.39 is 5.97 Å². The van der Waals surface area contributed by atoms with Gasteiger partial charge in [0.2, 0.25) is 0 Å². The number of allylic oxidation sites excluding steroid dienone is 8. The molecule has 1 N–H and O–H groups in total. The summed E-state index contributed by atoms with van der Waals surface area (Å²) >= 11 is 0. The second kappa shape index (κ2) is 16.5. The molecule has 128 valence electrons. The lowest BCUT2D eigenvalue weighted by Gasteiger charge is -1.92. The van der Waals surface area contributed by atoms with Crippen LogP contribution in [0.1, 0.15) is 70.2 Å². The van der Waals surface area contributed by atoms with Crippen LogP contribution in [-0.4, -0.2) is 16.9 Å². The Labute approximate surface area is 146 Å². The SMILES string of the molecule is [3H]/C(C/C=C\C=C\C(=O)CCCC(=O)O)=C(\[3H])C/C([3H])=C(/[3H])CCCCC. The van der Waals surface area contributed by atoms with Crippen molar-refractivity contribution in [2.24, 2.45) is 0 Å². The van der Waals surface area contributed by atoms with Crippen LogP contribution in [0, 0.1) is 0 Å². The maximum Gasteiger partial charge on any atom is 0.303 e. The fourth-order valence-corrected chi connectivity index (χ4v) is 1.66. The second-order valence-corrected chi connectivity index (χ2v) is 5.05. The van der Waals surface area contributed by atoms with Gasteiger partial charge in [-0.1, -0.05) is 62.2 Å². The van der Waals surface area contributed by atoms with Crippen molar-refractivity contribution in [2.75, 3.05) is 0 Å². The molecule has 0 unspecified atom stereocenters. The topological polar surface area (TPSA) is 54.4 Å². The van der Waals surface area contributed by atoms with Gasteiger partial charge in [-0.3, -0.25) is 9.59 Å². The molecule has 3 nitrogen and oxygen atoms in total. The summed E-state index contributed by atoms with van der Waals surface area (Å²) in [5, 5.41) is 8.50. The maximum absolute atomic E-state index is 11.5. The molecule has 0 aliphatic carbocycles. The van der Waals surface area contributed by atoms with E-state index in [9.17, 15) is 9.59 Å². The van der Waals surface area contributed by atoms with Crippen LogP contribution in [0.4, 0.5) is 0 Å². The maximum atomic E-state index is 11.5. The molecule has 0 spiro atoms. The van der Waals surface area contributed by atoms with Gasteiger partial charge in [0.05, 0.1) is 5.48 Å². The molecule has 0 aromatic heterocycles. The molecule has 0 rings (SSSR count). The quantitative estimate of drug-likeness (QED) is 0.201. The first-order valence-electron chi connectivity index (χ1n) is 10.2. The van der Waals surface area contributed by atoms with Gasteiger partial charge < -0.3 is 5.11 Å². The zero-order chi connectivity index (χ0) is 20.7. The average Bonchev–Trinajstić information content (AvgIpc) is 2.60. The number of carboxylic acids is 1. The Balaban J connectivity index is 4.39. The van der Waals surface area contributed by atoms with Crippen molar-refractivity contribution in [3.05, 3.63) is 48.5 Å². The molecular weight excluding hydrogens is 288 g/mol. The molecule has 0 heterocycles. The van der Waals surface area contributed by atoms with Crippen molar-refractivity contribution in [1.82, 2.24) is 0 Å². The first kappa shape index (κ1) is 14.7. The smallest absolute Gasteiger partial charge is 0.303 e. The second-order valence-electron chi connectivity index (χ2n) is 5.05. The predicted molar refractivity (Wildman–Crippen MR) is 96.4 cm³/mol. The lowest BCUT2D eigenvalue weighted by Crippen LogP contribution is -1.97. The minimum Gasteiger partial charge on any atom is -0.481 e. The van der Waals surface area contributed by atoms with Gasteiger partial charge in [-0.2, -0.15) is 0 Å². The Morgan fingerprint density at radius 1 is 0.957 bits per heavy atom. The zero-order valence-corrected chi connectivity index (χ0v) is 13.9. The number of ketones is 1.